The lowest BCUT2D eigenvalue weighted by atomic mass is 10.1. The molecule has 8 heteroatoms. The molecule has 0 unspecified atom stereocenters. The van der Waals surface area contributed by atoms with Crippen LogP contribution in [0.4, 0.5) is 10.6 Å². The fourth-order valence-electron chi connectivity index (χ4n) is 2.92. The van der Waals surface area contributed by atoms with Crippen molar-refractivity contribution >= 4 is 23.4 Å². The number of rotatable bonds is 2. The average molecular weight is 393 g/mol. The number of carbonyl (C=O) groups is 1. The number of fused-ring (bicyclic) bond motifs is 1. The van der Waals surface area contributed by atoms with Gasteiger partial charge in [0.05, 0.1) is 6.54 Å². The maximum absolute atomic E-state index is 12.4. The zero-order valence-corrected chi connectivity index (χ0v) is 15.7. The SMILES string of the molecule is O=C(Nc1ccccn1)N1CCn2c(C#CCc3cccc(Cl)c3)nnc2C1. The summed E-state index contributed by atoms with van der Waals surface area (Å²) in [6, 6.07) is 12.8. The Morgan fingerprint density at radius 1 is 1.18 bits per heavy atom. The number of nitrogens with one attached hydrogen (secondary N) is 1. The molecule has 0 spiro atoms. The van der Waals surface area contributed by atoms with Crippen molar-refractivity contribution in [1.82, 2.24) is 24.6 Å². The van der Waals surface area contributed by atoms with Gasteiger partial charge in [-0.1, -0.05) is 35.7 Å². The van der Waals surface area contributed by atoms with Gasteiger partial charge in [-0.15, -0.1) is 10.2 Å². The number of anilines is 1. The van der Waals surface area contributed by atoms with E-state index in [0.717, 1.165) is 11.4 Å². The van der Waals surface area contributed by atoms with Gasteiger partial charge in [-0.25, -0.2) is 9.78 Å². The lowest BCUT2D eigenvalue weighted by Crippen LogP contribution is -2.41. The maximum atomic E-state index is 12.4. The van der Waals surface area contributed by atoms with Gasteiger partial charge in [0.2, 0.25) is 5.82 Å². The maximum Gasteiger partial charge on any atom is 0.323 e. The third-order valence-electron chi connectivity index (χ3n) is 4.32. The first-order valence-corrected chi connectivity index (χ1v) is 9.19. The summed E-state index contributed by atoms with van der Waals surface area (Å²) in [7, 11) is 0. The van der Waals surface area contributed by atoms with Gasteiger partial charge < -0.3 is 9.47 Å². The highest BCUT2D eigenvalue weighted by Gasteiger charge is 2.24. The highest BCUT2D eigenvalue weighted by molar-refractivity contribution is 6.30. The molecule has 2 amide bonds. The van der Waals surface area contributed by atoms with Crippen LogP contribution in [0.3, 0.4) is 0 Å². The Balaban J connectivity index is 1.41. The normalized spacial score (nSPS) is 12.7. The second-order valence-electron chi connectivity index (χ2n) is 6.27. The lowest BCUT2D eigenvalue weighted by molar-refractivity contribution is 0.195. The molecule has 3 heterocycles. The molecule has 1 aromatic carbocycles. The zero-order chi connectivity index (χ0) is 19.3. The van der Waals surface area contributed by atoms with Gasteiger partial charge in [0.1, 0.15) is 5.82 Å². The van der Waals surface area contributed by atoms with Crippen molar-refractivity contribution in [2.45, 2.75) is 19.5 Å². The molecular formula is C20H17ClN6O. The number of pyridine rings is 1. The third kappa shape index (κ3) is 4.13. The Morgan fingerprint density at radius 3 is 2.93 bits per heavy atom. The molecule has 4 rings (SSSR count). The minimum Gasteiger partial charge on any atom is -0.315 e. The molecule has 28 heavy (non-hydrogen) atoms. The van der Waals surface area contributed by atoms with Crippen molar-refractivity contribution in [3.05, 3.63) is 70.9 Å². The molecule has 1 aliphatic heterocycles. The molecule has 1 N–H and O–H groups in total. The molecule has 0 saturated carbocycles. The Kier molecular flexibility index (Phi) is 5.22. The largest absolute Gasteiger partial charge is 0.323 e. The van der Waals surface area contributed by atoms with E-state index in [1.807, 2.05) is 34.9 Å². The number of urea groups is 1. The monoisotopic (exact) mass is 392 g/mol. The lowest BCUT2D eigenvalue weighted by Gasteiger charge is -2.27. The first-order valence-electron chi connectivity index (χ1n) is 8.81. The minimum absolute atomic E-state index is 0.207. The van der Waals surface area contributed by atoms with Crippen molar-refractivity contribution in [3.8, 4) is 11.8 Å². The van der Waals surface area contributed by atoms with Gasteiger partial charge in [0.15, 0.2) is 5.82 Å². The molecule has 0 bridgehead atoms. The van der Waals surface area contributed by atoms with Crippen LogP contribution >= 0.6 is 11.6 Å². The summed E-state index contributed by atoms with van der Waals surface area (Å²) in [5.41, 5.74) is 1.05. The Hall–Kier alpha value is -3.37. The molecule has 0 radical (unpaired) electrons. The van der Waals surface area contributed by atoms with E-state index in [1.54, 1.807) is 23.2 Å². The summed E-state index contributed by atoms with van der Waals surface area (Å²) in [5, 5.41) is 11.8. The fraction of sp³-hybridized carbons (Fsp3) is 0.200. The van der Waals surface area contributed by atoms with Crippen LogP contribution in [0.2, 0.25) is 5.02 Å². The summed E-state index contributed by atoms with van der Waals surface area (Å²) in [6.07, 6.45) is 2.22. The van der Waals surface area contributed by atoms with E-state index >= 15 is 0 Å². The molecule has 140 valence electrons. The summed E-state index contributed by atoms with van der Waals surface area (Å²) in [6.45, 7) is 1.52. The summed E-state index contributed by atoms with van der Waals surface area (Å²) in [4.78, 5) is 18.2. The molecule has 2 aromatic heterocycles. The molecule has 0 fully saturated rings. The van der Waals surface area contributed by atoms with Crippen molar-refractivity contribution in [1.29, 1.82) is 0 Å². The zero-order valence-electron chi connectivity index (χ0n) is 15.0. The van der Waals surface area contributed by atoms with Gasteiger partial charge in [0.25, 0.3) is 0 Å². The van der Waals surface area contributed by atoms with Gasteiger partial charge in [-0.3, -0.25) is 5.32 Å². The number of hydrogen-bond donors (Lipinski definition) is 1. The van der Waals surface area contributed by atoms with Gasteiger partial charge in [-0.2, -0.15) is 0 Å². The number of amides is 2. The van der Waals surface area contributed by atoms with Crippen molar-refractivity contribution in [3.63, 3.8) is 0 Å². The quantitative estimate of drug-likeness (QED) is 0.680. The van der Waals surface area contributed by atoms with E-state index in [-0.39, 0.29) is 6.03 Å². The second kappa shape index (κ2) is 8.11. The third-order valence-corrected chi connectivity index (χ3v) is 4.56. The molecule has 0 aliphatic carbocycles. The van der Waals surface area contributed by atoms with Crippen molar-refractivity contribution in [2.75, 3.05) is 11.9 Å². The highest BCUT2D eigenvalue weighted by atomic mass is 35.5. The molecular weight excluding hydrogens is 376 g/mol. The standard InChI is InChI=1S/C20H17ClN6O/c21-16-7-3-5-15(13-16)6-4-9-18-24-25-19-14-26(11-12-27(18)19)20(28)23-17-8-1-2-10-22-17/h1-3,5,7-8,10,13H,6,11-12,14H2,(H,22,23,28). The number of benzene rings is 1. The molecule has 0 atom stereocenters. The number of carbonyl (C=O) groups excluding carboxylic acids is 1. The number of halogens is 1. The summed E-state index contributed by atoms with van der Waals surface area (Å²) >= 11 is 5.99. The van der Waals surface area contributed by atoms with Crippen molar-refractivity contribution < 1.29 is 4.79 Å². The van der Waals surface area contributed by atoms with E-state index in [1.165, 1.54) is 0 Å². The highest BCUT2D eigenvalue weighted by Crippen LogP contribution is 2.14. The van der Waals surface area contributed by atoms with Crippen LogP contribution in [0.15, 0.2) is 48.7 Å². The van der Waals surface area contributed by atoms with E-state index < -0.39 is 0 Å². The van der Waals surface area contributed by atoms with Crippen LogP contribution in [0.5, 0.6) is 0 Å². The molecule has 7 nitrogen and oxygen atoms in total. The predicted molar refractivity (Wildman–Crippen MR) is 106 cm³/mol. The topological polar surface area (TPSA) is 75.9 Å². The van der Waals surface area contributed by atoms with Crippen LogP contribution in [-0.2, 0) is 19.5 Å². The Morgan fingerprint density at radius 2 is 2.11 bits per heavy atom. The molecule has 0 saturated heterocycles. The fourth-order valence-corrected chi connectivity index (χ4v) is 3.13. The summed E-state index contributed by atoms with van der Waals surface area (Å²) in [5.74, 6) is 8.04. The summed E-state index contributed by atoms with van der Waals surface area (Å²) < 4.78 is 1.95. The van der Waals surface area contributed by atoms with Crippen molar-refractivity contribution in [2.24, 2.45) is 0 Å². The van der Waals surface area contributed by atoms with Crippen LogP contribution in [-0.4, -0.2) is 37.2 Å². The smallest absolute Gasteiger partial charge is 0.315 e. The van der Waals surface area contributed by atoms with E-state index in [0.29, 0.717) is 42.7 Å². The van der Waals surface area contributed by atoms with Crippen LogP contribution in [0.1, 0.15) is 17.2 Å². The molecule has 1 aliphatic rings. The van der Waals surface area contributed by atoms with E-state index in [4.69, 9.17) is 11.6 Å². The number of aromatic nitrogens is 4. The number of hydrogen-bond acceptors (Lipinski definition) is 4. The Bertz CT molecular complexity index is 1050. The average Bonchev–Trinajstić information content (AvgIpc) is 3.11. The van der Waals surface area contributed by atoms with Gasteiger partial charge in [0, 0.05) is 30.7 Å². The predicted octanol–water partition coefficient (Wildman–Crippen LogP) is 2.97. The van der Waals surface area contributed by atoms with Gasteiger partial charge in [-0.05, 0) is 35.7 Å². The second-order valence-corrected chi connectivity index (χ2v) is 6.70. The van der Waals surface area contributed by atoms with E-state index in [9.17, 15) is 4.79 Å². The number of nitrogens with zero attached hydrogens (tertiary/aromatic N) is 5. The Labute approximate surface area is 167 Å². The van der Waals surface area contributed by atoms with Crippen LogP contribution in [0.25, 0.3) is 0 Å². The first-order chi connectivity index (χ1) is 13.7. The molecule has 3 aromatic rings. The van der Waals surface area contributed by atoms with E-state index in [2.05, 4.69) is 32.3 Å². The first kappa shape index (κ1) is 18.0. The van der Waals surface area contributed by atoms with Crippen LogP contribution in [0, 0.1) is 11.8 Å². The van der Waals surface area contributed by atoms with Crippen LogP contribution < -0.4 is 5.32 Å². The van der Waals surface area contributed by atoms with Gasteiger partial charge >= 0.3 is 6.03 Å². The minimum atomic E-state index is -0.207.